The van der Waals surface area contributed by atoms with Crippen LogP contribution in [0.15, 0.2) is 90.3 Å². The highest BCUT2D eigenvalue weighted by Gasteiger charge is 2.13. The molecule has 4 rings (SSSR count). The van der Waals surface area contributed by atoms with Crippen LogP contribution in [0, 0.1) is 12.7 Å². The van der Waals surface area contributed by atoms with Gasteiger partial charge in [0.1, 0.15) is 5.82 Å². The monoisotopic (exact) mass is 474 g/mol. The average molecular weight is 475 g/mol. The number of rotatable bonds is 8. The topological polar surface area (TPSA) is 76.0 Å². The van der Waals surface area contributed by atoms with Crippen molar-refractivity contribution in [3.63, 3.8) is 0 Å². The minimum Gasteiger partial charge on any atom is -0.348 e. The molecule has 3 aromatic carbocycles. The molecule has 2 N–H and O–H groups in total. The Morgan fingerprint density at radius 1 is 1.03 bits per heavy atom. The molecule has 0 bridgehead atoms. The van der Waals surface area contributed by atoms with Gasteiger partial charge in [-0.05, 0) is 42.8 Å². The summed E-state index contributed by atoms with van der Waals surface area (Å²) in [6.07, 6.45) is 3.42. The molecule has 0 fully saturated rings. The van der Waals surface area contributed by atoms with Gasteiger partial charge >= 0.3 is 0 Å². The maximum absolute atomic E-state index is 13.8. The molecule has 172 valence electrons. The van der Waals surface area contributed by atoms with Crippen molar-refractivity contribution in [1.82, 2.24) is 14.9 Å². The van der Waals surface area contributed by atoms with E-state index in [-0.39, 0.29) is 29.9 Å². The maximum Gasteiger partial charge on any atom is 0.251 e. The van der Waals surface area contributed by atoms with E-state index < -0.39 is 0 Å². The number of imidazole rings is 1. The zero-order valence-electron chi connectivity index (χ0n) is 18.5. The number of thioether (sulfide) groups is 1. The molecule has 1 heterocycles. The molecular weight excluding hydrogens is 451 g/mol. The molecule has 0 spiro atoms. The van der Waals surface area contributed by atoms with Gasteiger partial charge in [0.25, 0.3) is 5.91 Å². The number of anilines is 1. The number of benzene rings is 3. The fourth-order valence-corrected chi connectivity index (χ4v) is 4.11. The molecule has 4 aromatic rings. The summed E-state index contributed by atoms with van der Waals surface area (Å²) < 4.78 is 15.6. The van der Waals surface area contributed by atoms with Crippen LogP contribution in [0.4, 0.5) is 10.1 Å². The third-order valence-electron chi connectivity index (χ3n) is 5.14. The number of aryl methyl sites for hydroxylation is 1. The van der Waals surface area contributed by atoms with Crippen LogP contribution >= 0.6 is 11.8 Å². The van der Waals surface area contributed by atoms with Gasteiger partial charge in [-0.2, -0.15) is 0 Å². The molecule has 2 amide bonds. The number of amides is 2. The van der Waals surface area contributed by atoms with Crippen molar-refractivity contribution in [2.75, 3.05) is 11.1 Å². The first-order valence-electron chi connectivity index (χ1n) is 10.6. The lowest BCUT2D eigenvalue weighted by atomic mass is 10.1. The Morgan fingerprint density at radius 3 is 2.65 bits per heavy atom. The number of aromatic nitrogens is 2. The molecule has 8 heteroatoms. The number of para-hydroxylation sites is 1. The number of carbonyl (C=O) groups excluding carboxylic acids is 2. The summed E-state index contributed by atoms with van der Waals surface area (Å²) in [6.45, 7) is 2.03. The molecule has 0 aliphatic carbocycles. The molecule has 0 aliphatic heterocycles. The highest BCUT2D eigenvalue weighted by Crippen LogP contribution is 2.22. The third-order valence-corrected chi connectivity index (χ3v) is 6.11. The van der Waals surface area contributed by atoms with Gasteiger partial charge in [0.2, 0.25) is 5.91 Å². The predicted molar refractivity (Wildman–Crippen MR) is 132 cm³/mol. The van der Waals surface area contributed by atoms with Crippen molar-refractivity contribution in [3.8, 4) is 5.69 Å². The third kappa shape index (κ3) is 5.71. The SMILES string of the molecule is Cc1ccccc1NC(=O)CSc1nccn1-c1cccc(C(=O)NCc2ccccc2F)c1. The van der Waals surface area contributed by atoms with Crippen molar-refractivity contribution in [2.45, 2.75) is 18.6 Å². The largest absolute Gasteiger partial charge is 0.348 e. The lowest BCUT2D eigenvalue weighted by Gasteiger charge is -2.11. The minimum absolute atomic E-state index is 0.0952. The predicted octanol–water partition coefficient (Wildman–Crippen LogP) is 4.98. The number of nitrogens with one attached hydrogen (secondary N) is 2. The second-order valence-corrected chi connectivity index (χ2v) is 8.50. The molecule has 0 unspecified atom stereocenters. The van der Waals surface area contributed by atoms with Gasteiger partial charge in [-0.15, -0.1) is 0 Å². The zero-order valence-corrected chi connectivity index (χ0v) is 19.3. The van der Waals surface area contributed by atoms with Crippen molar-refractivity contribution in [2.24, 2.45) is 0 Å². The highest BCUT2D eigenvalue weighted by atomic mass is 32.2. The van der Waals surface area contributed by atoms with Gasteiger partial charge in [-0.3, -0.25) is 14.2 Å². The zero-order chi connectivity index (χ0) is 23.9. The van der Waals surface area contributed by atoms with Gasteiger partial charge in [0.15, 0.2) is 5.16 Å². The van der Waals surface area contributed by atoms with E-state index in [9.17, 15) is 14.0 Å². The van der Waals surface area contributed by atoms with Crippen LogP contribution in [0.2, 0.25) is 0 Å². The lowest BCUT2D eigenvalue weighted by molar-refractivity contribution is -0.113. The van der Waals surface area contributed by atoms with Crippen LogP contribution in [0.3, 0.4) is 0 Å². The number of carbonyl (C=O) groups is 2. The van der Waals surface area contributed by atoms with E-state index >= 15 is 0 Å². The molecule has 0 saturated carbocycles. The number of halogens is 1. The standard InChI is InChI=1S/C26H23FN4O2S/c1-18-7-2-5-12-23(18)30-24(32)17-34-26-28-13-14-31(26)21-10-6-9-19(15-21)25(33)29-16-20-8-3-4-11-22(20)27/h2-15H,16-17H2,1H3,(H,29,33)(H,30,32). The molecule has 0 atom stereocenters. The molecular formula is C26H23FN4O2S. The first-order valence-corrected chi connectivity index (χ1v) is 11.6. The quantitative estimate of drug-likeness (QED) is 0.353. The van der Waals surface area contributed by atoms with E-state index in [0.29, 0.717) is 16.3 Å². The highest BCUT2D eigenvalue weighted by molar-refractivity contribution is 7.99. The van der Waals surface area contributed by atoms with Crippen LogP contribution in [-0.2, 0) is 11.3 Å². The van der Waals surface area contributed by atoms with E-state index in [1.54, 1.807) is 48.8 Å². The van der Waals surface area contributed by atoms with Crippen LogP contribution in [0.1, 0.15) is 21.5 Å². The normalized spacial score (nSPS) is 10.6. The second-order valence-electron chi connectivity index (χ2n) is 7.56. The Kier molecular flexibility index (Phi) is 7.39. The Labute approximate surface area is 201 Å². The van der Waals surface area contributed by atoms with Gasteiger partial charge < -0.3 is 10.6 Å². The van der Waals surface area contributed by atoms with Crippen LogP contribution < -0.4 is 10.6 Å². The summed E-state index contributed by atoms with van der Waals surface area (Å²) in [6, 6.07) is 21.0. The first kappa shape index (κ1) is 23.3. The maximum atomic E-state index is 13.8. The summed E-state index contributed by atoms with van der Waals surface area (Å²) in [7, 11) is 0. The van der Waals surface area contributed by atoms with Gasteiger partial charge in [0, 0.05) is 41.4 Å². The lowest BCUT2D eigenvalue weighted by Crippen LogP contribution is -2.23. The van der Waals surface area contributed by atoms with Gasteiger partial charge in [-0.25, -0.2) is 9.37 Å². The Balaban J connectivity index is 1.41. The van der Waals surface area contributed by atoms with Crippen LogP contribution in [0.25, 0.3) is 5.69 Å². The smallest absolute Gasteiger partial charge is 0.251 e. The summed E-state index contributed by atoms with van der Waals surface area (Å²) in [5.74, 6) is -0.607. The van der Waals surface area contributed by atoms with E-state index in [1.807, 2.05) is 41.8 Å². The van der Waals surface area contributed by atoms with E-state index in [1.165, 1.54) is 17.8 Å². The minimum atomic E-state index is -0.358. The van der Waals surface area contributed by atoms with Crippen molar-refractivity contribution in [3.05, 3.63) is 108 Å². The number of hydrogen-bond acceptors (Lipinski definition) is 4. The van der Waals surface area contributed by atoms with Gasteiger partial charge in [-0.1, -0.05) is 54.2 Å². The van der Waals surface area contributed by atoms with Crippen molar-refractivity contribution < 1.29 is 14.0 Å². The molecule has 0 radical (unpaired) electrons. The number of hydrogen-bond donors (Lipinski definition) is 2. The fourth-order valence-electron chi connectivity index (χ4n) is 3.34. The fraction of sp³-hybridized carbons (Fsp3) is 0.115. The van der Waals surface area contributed by atoms with E-state index in [0.717, 1.165) is 16.9 Å². The average Bonchev–Trinajstić information content (AvgIpc) is 3.32. The first-order chi connectivity index (χ1) is 16.5. The summed E-state index contributed by atoms with van der Waals surface area (Å²) in [5, 5.41) is 6.29. The molecule has 34 heavy (non-hydrogen) atoms. The van der Waals surface area contributed by atoms with E-state index in [2.05, 4.69) is 15.6 Å². The van der Waals surface area contributed by atoms with Gasteiger partial charge in [0.05, 0.1) is 5.75 Å². The molecule has 0 aliphatic rings. The molecule has 0 saturated heterocycles. The number of nitrogens with zero attached hydrogens (tertiary/aromatic N) is 2. The summed E-state index contributed by atoms with van der Waals surface area (Å²) in [5.41, 5.74) is 3.37. The van der Waals surface area contributed by atoms with Crippen molar-refractivity contribution >= 4 is 29.3 Å². The van der Waals surface area contributed by atoms with Crippen LogP contribution in [-0.4, -0.2) is 27.1 Å². The Morgan fingerprint density at radius 2 is 1.82 bits per heavy atom. The summed E-state index contributed by atoms with van der Waals surface area (Å²) >= 11 is 1.30. The van der Waals surface area contributed by atoms with E-state index in [4.69, 9.17) is 0 Å². The molecule has 1 aromatic heterocycles. The van der Waals surface area contributed by atoms with Crippen LogP contribution in [0.5, 0.6) is 0 Å². The van der Waals surface area contributed by atoms with Crippen molar-refractivity contribution in [1.29, 1.82) is 0 Å². The summed E-state index contributed by atoms with van der Waals surface area (Å²) in [4.78, 5) is 29.4. The Hall–Kier alpha value is -3.91. The molecule has 6 nitrogen and oxygen atoms in total. The Bertz CT molecular complexity index is 1320. The second kappa shape index (κ2) is 10.8.